The van der Waals surface area contributed by atoms with E-state index in [9.17, 15) is 14.4 Å². The number of imide groups is 1. The molecule has 0 aliphatic carbocycles. The summed E-state index contributed by atoms with van der Waals surface area (Å²) in [6, 6.07) is 4.98. The molecule has 2 heterocycles. The minimum atomic E-state index is -0.976. The van der Waals surface area contributed by atoms with E-state index in [-0.39, 0.29) is 24.3 Å². The van der Waals surface area contributed by atoms with Crippen molar-refractivity contribution in [3.63, 3.8) is 0 Å². The molecule has 0 radical (unpaired) electrons. The van der Waals surface area contributed by atoms with Crippen LogP contribution in [0.1, 0.15) is 45.6 Å². The van der Waals surface area contributed by atoms with Gasteiger partial charge in [0.1, 0.15) is 5.54 Å². The highest BCUT2D eigenvalue weighted by Gasteiger charge is 2.53. The fourth-order valence-corrected chi connectivity index (χ4v) is 4.57. The fraction of sp³-hybridized carbons (Fsp3) is 0.609. The molecule has 2 aliphatic heterocycles. The number of nitrogens with one attached hydrogen (secondary N) is 1. The monoisotopic (exact) mass is 431 g/mol. The smallest absolute Gasteiger partial charge is 0.325 e. The van der Waals surface area contributed by atoms with E-state index in [0.717, 1.165) is 0 Å². The van der Waals surface area contributed by atoms with Gasteiger partial charge in [-0.05, 0) is 37.7 Å². The number of nitrogens with zero attached hydrogens (tertiary/aromatic N) is 2. The van der Waals surface area contributed by atoms with Crippen molar-refractivity contribution in [2.24, 2.45) is 11.8 Å². The van der Waals surface area contributed by atoms with E-state index in [1.165, 1.54) is 12.0 Å². The molecular formula is C23H33N3O5. The maximum Gasteiger partial charge on any atom is 0.325 e. The molecule has 1 atom stereocenters. The highest BCUT2D eigenvalue weighted by molar-refractivity contribution is 6.07. The van der Waals surface area contributed by atoms with Crippen LogP contribution in [-0.4, -0.2) is 60.5 Å². The summed E-state index contributed by atoms with van der Waals surface area (Å²) >= 11 is 0. The maximum atomic E-state index is 13.3. The highest BCUT2D eigenvalue weighted by atomic mass is 16.5. The zero-order valence-electron chi connectivity index (χ0n) is 19.1. The van der Waals surface area contributed by atoms with Crippen LogP contribution in [0, 0.1) is 11.8 Å². The first-order valence-corrected chi connectivity index (χ1v) is 10.8. The summed E-state index contributed by atoms with van der Waals surface area (Å²) in [7, 11) is 3.08. The molecule has 2 aliphatic rings. The van der Waals surface area contributed by atoms with Crippen molar-refractivity contribution >= 4 is 17.8 Å². The van der Waals surface area contributed by atoms with E-state index in [4.69, 9.17) is 9.47 Å². The molecule has 0 spiro atoms. The molecule has 0 unspecified atom stereocenters. The van der Waals surface area contributed by atoms with Crippen molar-refractivity contribution in [2.75, 3.05) is 27.3 Å². The first kappa shape index (κ1) is 22.9. The second-order valence-corrected chi connectivity index (χ2v) is 8.93. The van der Waals surface area contributed by atoms with Gasteiger partial charge < -0.3 is 19.7 Å². The maximum absolute atomic E-state index is 13.3. The number of hydrogen-bond acceptors (Lipinski definition) is 5. The zero-order valence-corrected chi connectivity index (χ0v) is 19.1. The van der Waals surface area contributed by atoms with Crippen LogP contribution in [0.5, 0.6) is 11.5 Å². The Bertz CT molecular complexity index is 848. The van der Waals surface area contributed by atoms with Gasteiger partial charge in [0.25, 0.3) is 5.91 Å². The lowest BCUT2D eigenvalue weighted by Gasteiger charge is -2.39. The Balaban J connectivity index is 1.71. The van der Waals surface area contributed by atoms with Crippen molar-refractivity contribution in [1.29, 1.82) is 0 Å². The van der Waals surface area contributed by atoms with Gasteiger partial charge in [-0.2, -0.15) is 0 Å². The molecule has 170 valence electrons. The van der Waals surface area contributed by atoms with E-state index in [2.05, 4.69) is 5.32 Å². The van der Waals surface area contributed by atoms with E-state index < -0.39 is 11.6 Å². The third-order valence-electron chi connectivity index (χ3n) is 6.36. The Kier molecular flexibility index (Phi) is 6.77. The van der Waals surface area contributed by atoms with Crippen LogP contribution in [0.4, 0.5) is 4.79 Å². The van der Waals surface area contributed by atoms with Gasteiger partial charge in [0, 0.05) is 25.1 Å². The SMILES string of the molecule is COc1cccc(CN2C(=O)N[C@](C)(C3CCN(C(=O)CC(C)C)CC3)C2=O)c1OC. The number of urea groups is 1. The summed E-state index contributed by atoms with van der Waals surface area (Å²) in [5, 5.41) is 2.92. The lowest BCUT2D eigenvalue weighted by Crippen LogP contribution is -2.54. The lowest BCUT2D eigenvalue weighted by atomic mass is 9.78. The largest absolute Gasteiger partial charge is 0.493 e. The number of rotatable bonds is 7. The summed E-state index contributed by atoms with van der Waals surface area (Å²) in [4.78, 5) is 41.6. The number of methoxy groups -OCH3 is 2. The van der Waals surface area contributed by atoms with Crippen LogP contribution in [0.15, 0.2) is 18.2 Å². The number of carbonyl (C=O) groups is 3. The average Bonchev–Trinajstić information content (AvgIpc) is 2.97. The molecule has 31 heavy (non-hydrogen) atoms. The lowest BCUT2D eigenvalue weighted by molar-refractivity contribution is -0.136. The molecular weight excluding hydrogens is 398 g/mol. The topological polar surface area (TPSA) is 88.2 Å². The summed E-state index contributed by atoms with van der Waals surface area (Å²) in [6.07, 6.45) is 1.90. The number of ether oxygens (including phenoxy) is 2. The summed E-state index contributed by atoms with van der Waals surface area (Å²) in [5.74, 6) is 1.27. The van der Waals surface area contributed by atoms with Crippen LogP contribution in [0.3, 0.4) is 0 Å². The molecule has 0 aromatic heterocycles. The molecule has 0 saturated carbocycles. The van der Waals surface area contributed by atoms with Gasteiger partial charge in [-0.25, -0.2) is 4.79 Å². The number of benzene rings is 1. The second kappa shape index (κ2) is 9.16. The van der Waals surface area contributed by atoms with Gasteiger partial charge in [-0.3, -0.25) is 14.5 Å². The van der Waals surface area contributed by atoms with Crippen molar-refractivity contribution in [1.82, 2.24) is 15.1 Å². The number of hydrogen-bond donors (Lipinski definition) is 1. The fourth-order valence-electron chi connectivity index (χ4n) is 4.57. The van der Waals surface area contributed by atoms with Crippen LogP contribution in [0.2, 0.25) is 0 Å². The van der Waals surface area contributed by atoms with Gasteiger partial charge in [0.15, 0.2) is 11.5 Å². The molecule has 1 aromatic rings. The van der Waals surface area contributed by atoms with Crippen molar-refractivity contribution in [3.05, 3.63) is 23.8 Å². The third kappa shape index (κ3) is 4.48. The molecule has 1 N–H and O–H groups in total. The third-order valence-corrected chi connectivity index (χ3v) is 6.36. The van der Waals surface area contributed by atoms with Crippen LogP contribution in [-0.2, 0) is 16.1 Å². The van der Waals surface area contributed by atoms with Crippen molar-refractivity contribution < 1.29 is 23.9 Å². The number of para-hydroxylation sites is 1. The van der Waals surface area contributed by atoms with E-state index in [1.807, 2.05) is 24.8 Å². The Morgan fingerprint density at radius 2 is 1.87 bits per heavy atom. The van der Waals surface area contributed by atoms with Crippen LogP contribution in [0.25, 0.3) is 0 Å². The Morgan fingerprint density at radius 1 is 1.19 bits per heavy atom. The molecule has 8 nitrogen and oxygen atoms in total. The predicted octanol–water partition coefficient (Wildman–Crippen LogP) is 2.80. The Hall–Kier alpha value is -2.77. The minimum Gasteiger partial charge on any atom is -0.493 e. The normalized spacial score (nSPS) is 22.1. The number of likely N-dealkylation sites (tertiary alicyclic amines) is 1. The number of amides is 4. The van der Waals surface area contributed by atoms with E-state index in [1.54, 1.807) is 26.2 Å². The molecule has 4 amide bonds. The quantitative estimate of drug-likeness (QED) is 0.671. The summed E-state index contributed by atoms with van der Waals surface area (Å²) in [6.45, 7) is 7.19. The van der Waals surface area contributed by atoms with Gasteiger partial charge in [0.05, 0.1) is 20.8 Å². The first-order valence-electron chi connectivity index (χ1n) is 10.8. The minimum absolute atomic E-state index is 0.0238. The molecule has 2 saturated heterocycles. The van der Waals surface area contributed by atoms with Crippen LogP contribution >= 0.6 is 0 Å². The van der Waals surface area contributed by atoms with Gasteiger partial charge in [0.2, 0.25) is 5.91 Å². The Labute approximate surface area is 183 Å². The first-order chi connectivity index (χ1) is 14.7. The standard InChI is InChI=1S/C23H33N3O5/c1-15(2)13-19(27)25-11-9-17(10-12-25)23(3)21(28)26(22(29)24-23)14-16-7-6-8-18(30-4)20(16)31-5/h6-8,15,17H,9-14H2,1-5H3,(H,24,29)/t23-/m1/s1. The molecule has 8 heteroatoms. The second-order valence-electron chi connectivity index (χ2n) is 8.93. The van der Waals surface area contributed by atoms with Gasteiger partial charge in [-0.15, -0.1) is 0 Å². The number of piperidine rings is 1. The van der Waals surface area contributed by atoms with Gasteiger partial charge in [-0.1, -0.05) is 26.0 Å². The molecule has 1 aromatic carbocycles. The van der Waals surface area contributed by atoms with Crippen LogP contribution < -0.4 is 14.8 Å². The van der Waals surface area contributed by atoms with Gasteiger partial charge >= 0.3 is 6.03 Å². The molecule has 2 fully saturated rings. The van der Waals surface area contributed by atoms with E-state index in [0.29, 0.717) is 55.3 Å². The Morgan fingerprint density at radius 3 is 2.45 bits per heavy atom. The molecule has 3 rings (SSSR count). The van der Waals surface area contributed by atoms with Crippen molar-refractivity contribution in [3.8, 4) is 11.5 Å². The predicted molar refractivity (Wildman–Crippen MR) is 116 cm³/mol. The molecule has 0 bridgehead atoms. The zero-order chi connectivity index (χ0) is 22.8. The highest BCUT2D eigenvalue weighted by Crippen LogP contribution is 2.36. The average molecular weight is 432 g/mol. The van der Waals surface area contributed by atoms with Crippen molar-refractivity contribution in [2.45, 2.75) is 52.1 Å². The van der Waals surface area contributed by atoms with E-state index >= 15 is 0 Å². The number of carbonyl (C=O) groups excluding carboxylic acids is 3. The summed E-state index contributed by atoms with van der Waals surface area (Å²) < 4.78 is 10.8. The summed E-state index contributed by atoms with van der Waals surface area (Å²) in [5.41, 5.74) is -0.278.